The van der Waals surface area contributed by atoms with Crippen LogP contribution in [0.5, 0.6) is 11.5 Å². The van der Waals surface area contributed by atoms with Crippen LogP contribution in [0.2, 0.25) is 0 Å². The van der Waals surface area contributed by atoms with Crippen LogP contribution < -0.4 is 14.4 Å². The highest BCUT2D eigenvalue weighted by Crippen LogP contribution is 2.30. The van der Waals surface area contributed by atoms with Gasteiger partial charge in [0.05, 0.1) is 7.11 Å². The molecule has 154 valence electrons. The van der Waals surface area contributed by atoms with E-state index in [0.717, 1.165) is 20.6 Å². The Labute approximate surface area is 186 Å². The summed E-state index contributed by atoms with van der Waals surface area (Å²) in [5.41, 5.74) is 1.65. The third kappa shape index (κ3) is 5.31. The number of amides is 1. The highest BCUT2D eigenvalue weighted by molar-refractivity contribution is 9.10. The van der Waals surface area contributed by atoms with E-state index in [9.17, 15) is 9.59 Å². The van der Waals surface area contributed by atoms with Crippen molar-refractivity contribution >= 4 is 50.4 Å². The molecular formula is C21H18BrN3O4S. The lowest BCUT2D eigenvalue weighted by Gasteiger charge is -2.10. The first-order valence-corrected chi connectivity index (χ1v) is 10.4. The molecule has 3 aromatic rings. The van der Waals surface area contributed by atoms with E-state index in [4.69, 9.17) is 9.47 Å². The average molecular weight is 488 g/mol. The van der Waals surface area contributed by atoms with Crippen molar-refractivity contribution in [3.05, 3.63) is 58.6 Å². The number of rotatable bonds is 6. The number of methoxy groups -OCH3 is 1. The molecule has 0 saturated heterocycles. The molecule has 0 unspecified atom stereocenters. The average Bonchev–Trinajstić information content (AvgIpc) is 3.22. The second kappa shape index (κ2) is 9.64. The fourth-order valence-electron chi connectivity index (χ4n) is 2.46. The number of benzene rings is 2. The maximum absolute atomic E-state index is 12.5. The van der Waals surface area contributed by atoms with Gasteiger partial charge in [-0.15, -0.1) is 10.2 Å². The first-order valence-electron chi connectivity index (χ1n) is 8.79. The zero-order chi connectivity index (χ0) is 21.7. The summed E-state index contributed by atoms with van der Waals surface area (Å²) in [7, 11) is 3.12. The standard InChI is InChI=1S/C21H18BrN3O4S/c1-13(26)29-17-10-4-14(12-18(17)28-3)5-11-19(27)25(2)21-24-23-20(30-21)15-6-8-16(22)9-7-15/h4-12H,1-3H3/b11-5+. The normalized spacial score (nSPS) is 10.8. The Morgan fingerprint density at radius 2 is 1.83 bits per heavy atom. The fraction of sp³-hybridized carbons (Fsp3) is 0.143. The fourth-order valence-corrected chi connectivity index (χ4v) is 3.54. The van der Waals surface area contributed by atoms with Crippen molar-refractivity contribution in [1.82, 2.24) is 10.2 Å². The summed E-state index contributed by atoms with van der Waals surface area (Å²) in [5, 5.41) is 9.51. The molecule has 7 nitrogen and oxygen atoms in total. The molecule has 0 aliphatic rings. The Balaban J connectivity index is 1.72. The van der Waals surface area contributed by atoms with Crippen molar-refractivity contribution in [2.24, 2.45) is 0 Å². The maximum Gasteiger partial charge on any atom is 0.308 e. The van der Waals surface area contributed by atoms with Crippen LogP contribution in [0.4, 0.5) is 5.13 Å². The van der Waals surface area contributed by atoms with Gasteiger partial charge < -0.3 is 9.47 Å². The zero-order valence-corrected chi connectivity index (χ0v) is 18.9. The van der Waals surface area contributed by atoms with Crippen LogP contribution >= 0.6 is 27.3 Å². The first kappa shape index (κ1) is 21.7. The number of carbonyl (C=O) groups excluding carboxylic acids is 2. The molecule has 0 saturated carbocycles. The Kier molecular flexibility index (Phi) is 6.96. The van der Waals surface area contributed by atoms with Crippen molar-refractivity contribution in [1.29, 1.82) is 0 Å². The lowest BCUT2D eigenvalue weighted by atomic mass is 10.2. The predicted octanol–water partition coefficient (Wildman–Crippen LogP) is 4.58. The molecule has 0 spiro atoms. The van der Waals surface area contributed by atoms with E-state index < -0.39 is 5.97 Å². The lowest BCUT2D eigenvalue weighted by Crippen LogP contribution is -2.23. The third-order valence-electron chi connectivity index (χ3n) is 3.98. The summed E-state index contributed by atoms with van der Waals surface area (Å²) >= 11 is 4.73. The van der Waals surface area contributed by atoms with Crippen molar-refractivity contribution in [3.8, 4) is 22.1 Å². The number of anilines is 1. The van der Waals surface area contributed by atoms with E-state index >= 15 is 0 Å². The Morgan fingerprint density at radius 3 is 2.50 bits per heavy atom. The van der Waals surface area contributed by atoms with Gasteiger partial charge in [-0.25, -0.2) is 0 Å². The minimum absolute atomic E-state index is 0.253. The van der Waals surface area contributed by atoms with Crippen molar-refractivity contribution < 1.29 is 19.1 Å². The molecule has 30 heavy (non-hydrogen) atoms. The minimum Gasteiger partial charge on any atom is -0.493 e. The maximum atomic E-state index is 12.5. The van der Waals surface area contributed by atoms with Gasteiger partial charge in [0, 0.05) is 30.1 Å². The minimum atomic E-state index is -0.437. The summed E-state index contributed by atoms with van der Waals surface area (Å²) < 4.78 is 11.3. The molecule has 3 rings (SSSR count). The Bertz CT molecular complexity index is 1100. The van der Waals surface area contributed by atoms with Gasteiger partial charge in [-0.2, -0.15) is 0 Å². The van der Waals surface area contributed by atoms with Crippen LogP contribution in [-0.4, -0.2) is 36.2 Å². The van der Waals surface area contributed by atoms with E-state index in [-0.39, 0.29) is 5.91 Å². The number of hydrogen-bond acceptors (Lipinski definition) is 7. The SMILES string of the molecule is COc1cc(/C=C/C(=O)N(C)c2nnc(-c3ccc(Br)cc3)s2)ccc1OC(C)=O. The lowest BCUT2D eigenvalue weighted by molar-refractivity contribution is -0.132. The van der Waals surface area contributed by atoms with Crippen molar-refractivity contribution in [2.75, 3.05) is 19.1 Å². The van der Waals surface area contributed by atoms with Gasteiger partial charge in [-0.3, -0.25) is 14.5 Å². The summed E-state index contributed by atoms with van der Waals surface area (Å²) in [4.78, 5) is 25.1. The number of halogens is 1. The topological polar surface area (TPSA) is 81.6 Å². The molecule has 9 heteroatoms. The van der Waals surface area contributed by atoms with Crippen LogP contribution in [0.25, 0.3) is 16.6 Å². The summed E-state index contributed by atoms with van der Waals surface area (Å²) in [6.07, 6.45) is 3.08. The number of hydrogen-bond donors (Lipinski definition) is 0. The third-order valence-corrected chi connectivity index (χ3v) is 5.56. The highest BCUT2D eigenvalue weighted by Gasteiger charge is 2.15. The van der Waals surface area contributed by atoms with Crippen LogP contribution in [0.3, 0.4) is 0 Å². The van der Waals surface area contributed by atoms with Crippen molar-refractivity contribution in [3.63, 3.8) is 0 Å². The number of nitrogens with zero attached hydrogens (tertiary/aromatic N) is 3. The van der Waals surface area contributed by atoms with Gasteiger partial charge in [0.2, 0.25) is 5.13 Å². The first-order chi connectivity index (χ1) is 14.4. The highest BCUT2D eigenvalue weighted by atomic mass is 79.9. The molecule has 1 amide bonds. The van der Waals surface area contributed by atoms with Crippen LogP contribution in [0, 0.1) is 0 Å². The zero-order valence-electron chi connectivity index (χ0n) is 16.5. The molecule has 1 aromatic heterocycles. The van der Waals surface area contributed by atoms with E-state index in [1.54, 1.807) is 31.3 Å². The van der Waals surface area contributed by atoms with Gasteiger partial charge in [-0.1, -0.05) is 45.5 Å². The Morgan fingerprint density at radius 1 is 1.10 bits per heavy atom. The molecule has 2 aromatic carbocycles. The summed E-state index contributed by atoms with van der Waals surface area (Å²) in [6, 6.07) is 12.7. The largest absolute Gasteiger partial charge is 0.493 e. The summed E-state index contributed by atoms with van der Waals surface area (Å²) in [6.45, 7) is 1.32. The van der Waals surface area contributed by atoms with Crippen LogP contribution in [0.1, 0.15) is 12.5 Å². The van der Waals surface area contributed by atoms with Crippen LogP contribution in [-0.2, 0) is 9.59 Å². The molecule has 0 atom stereocenters. The number of esters is 1. The van der Waals surface area contributed by atoms with E-state index in [2.05, 4.69) is 26.1 Å². The second-order valence-corrected chi connectivity index (χ2v) is 8.00. The molecule has 0 bridgehead atoms. The molecule has 0 radical (unpaired) electrons. The quantitative estimate of drug-likeness (QED) is 0.287. The smallest absolute Gasteiger partial charge is 0.308 e. The molecule has 1 heterocycles. The van der Waals surface area contributed by atoms with Gasteiger partial charge >= 0.3 is 5.97 Å². The predicted molar refractivity (Wildman–Crippen MR) is 120 cm³/mol. The molecule has 0 fully saturated rings. The monoisotopic (exact) mass is 487 g/mol. The molecule has 0 aliphatic carbocycles. The van der Waals surface area contributed by atoms with Gasteiger partial charge in [0.15, 0.2) is 11.5 Å². The van der Waals surface area contributed by atoms with Crippen LogP contribution in [0.15, 0.2) is 53.0 Å². The van der Waals surface area contributed by atoms with Gasteiger partial charge in [-0.05, 0) is 35.9 Å². The molecular weight excluding hydrogens is 470 g/mol. The number of carbonyl (C=O) groups is 2. The Hall–Kier alpha value is -3.04. The van der Waals surface area contributed by atoms with E-state index in [0.29, 0.717) is 16.6 Å². The second-order valence-electron chi connectivity index (χ2n) is 6.13. The van der Waals surface area contributed by atoms with Gasteiger partial charge in [0.25, 0.3) is 5.91 Å². The van der Waals surface area contributed by atoms with Gasteiger partial charge in [0.1, 0.15) is 5.01 Å². The summed E-state index contributed by atoms with van der Waals surface area (Å²) in [5.74, 6) is 0.0286. The van der Waals surface area contributed by atoms with E-state index in [1.807, 2.05) is 24.3 Å². The number of aromatic nitrogens is 2. The van der Waals surface area contributed by atoms with Crippen molar-refractivity contribution in [2.45, 2.75) is 6.92 Å². The number of likely N-dealkylation sites (N-methyl/N-ethyl adjacent to an activating group) is 1. The molecule has 0 N–H and O–H groups in total. The van der Waals surface area contributed by atoms with E-state index in [1.165, 1.54) is 36.3 Å². The molecule has 0 aliphatic heterocycles. The number of ether oxygens (including phenoxy) is 2.